The Labute approximate surface area is 133 Å². The van der Waals surface area contributed by atoms with Gasteiger partial charge < -0.3 is 5.32 Å². The Balaban J connectivity index is 2.00. The summed E-state index contributed by atoms with van der Waals surface area (Å²) < 4.78 is 0. The summed E-state index contributed by atoms with van der Waals surface area (Å²) in [7, 11) is 0. The minimum absolute atomic E-state index is 0.240. The van der Waals surface area contributed by atoms with Crippen LogP contribution in [0.1, 0.15) is 15.9 Å². The standard InChI is InChI=1S/C18H13ClN2O/c1-2-12-8-9-14(19)11-15(12)18(22)21-16-7-3-5-13-6-4-10-20-17(13)16/h2-11H,1H2,(H,21,22). The van der Waals surface area contributed by atoms with Gasteiger partial charge in [-0.25, -0.2) is 0 Å². The van der Waals surface area contributed by atoms with Gasteiger partial charge >= 0.3 is 0 Å². The topological polar surface area (TPSA) is 42.0 Å². The number of aromatic nitrogens is 1. The number of rotatable bonds is 3. The maximum atomic E-state index is 12.5. The highest BCUT2D eigenvalue weighted by atomic mass is 35.5. The van der Waals surface area contributed by atoms with Crippen LogP contribution in [0.3, 0.4) is 0 Å². The molecule has 0 saturated heterocycles. The summed E-state index contributed by atoms with van der Waals surface area (Å²) in [5, 5.41) is 4.37. The molecule has 1 heterocycles. The number of pyridine rings is 1. The number of nitrogens with one attached hydrogen (secondary N) is 1. The van der Waals surface area contributed by atoms with Gasteiger partial charge in [-0.15, -0.1) is 0 Å². The number of anilines is 1. The number of benzene rings is 2. The first-order valence-corrected chi connectivity index (χ1v) is 7.14. The first kappa shape index (κ1) is 14.3. The molecule has 4 heteroatoms. The molecule has 1 amide bonds. The molecule has 1 aromatic heterocycles. The molecule has 22 heavy (non-hydrogen) atoms. The van der Waals surface area contributed by atoms with Crippen molar-refractivity contribution in [3.05, 3.63) is 77.5 Å². The quantitative estimate of drug-likeness (QED) is 0.756. The van der Waals surface area contributed by atoms with E-state index in [1.54, 1.807) is 30.5 Å². The average Bonchev–Trinajstić information content (AvgIpc) is 2.55. The van der Waals surface area contributed by atoms with Gasteiger partial charge in [0.25, 0.3) is 5.91 Å². The van der Waals surface area contributed by atoms with E-state index in [1.165, 1.54) is 0 Å². The van der Waals surface area contributed by atoms with E-state index in [-0.39, 0.29) is 5.91 Å². The molecule has 2 aromatic carbocycles. The SMILES string of the molecule is C=Cc1ccc(Cl)cc1C(=O)Nc1cccc2cccnc12. The van der Waals surface area contributed by atoms with Crippen LogP contribution in [-0.2, 0) is 0 Å². The van der Waals surface area contributed by atoms with Gasteiger partial charge in [-0.2, -0.15) is 0 Å². The molecule has 3 rings (SSSR count). The zero-order valence-corrected chi connectivity index (χ0v) is 12.5. The van der Waals surface area contributed by atoms with Gasteiger partial charge in [-0.1, -0.05) is 48.5 Å². The number of hydrogen-bond donors (Lipinski definition) is 1. The molecule has 0 unspecified atom stereocenters. The molecule has 0 aliphatic rings. The van der Waals surface area contributed by atoms with Crippen molar-refractivity contribution in [3.63, 3.8) is 0 Å². The third-order valence-corrected chi connectivity index (χ3v) is 3.60. The number of fused-ring (bicyclic) bond motifs is 1. The minimum atomic E-state index is -0.240. The Hall–Kier alpha value is -2.65. The van der Waals surface area contributed by atoms with E-state index in [2.05, 4.69) is 16.9 Å². The summed E-state index contributed by atoms with van der Waals surface area (Å²) in [5.74, 6) is -0.240. The van der Waals surface area contributed by atoms with Gasteiger partial charge in [-0.3, -0.25) is 9.78 Å². The van der Waals surface area contributed by atoms with E-state index in [4.69, 9.17) is 11.6 Å². The second kappa shape index (κ2) is 6.00. The van der Waals surface area contributed by atoms with Crippen LogP contribution in [0.4, 0.5) is 5.69 Å². The van der Waals surface area contributed by atoms with Crippen LogP contribution in [0, 0.1) is 0 Å². The molecule has 3 aromatic rings. The van der Waals surface area contributed by atoms with Crippen LogP contribution in [0.15, 0.2) is 61.3 Å². The lowest BCUT2D eigenvalue weighted by atomic mass is 10.1. The zero-order valence-electron chi connectivity index (χ0n) is 11.7. The van der Waals surface area contributed by atoms with Crippen molar-refractivity contribution in [1.29, 1.82) is 0 Å². The van der Waals surface area contributed by atoms with Gasteiger partial charge in [0.05, 0.1) is 11.2 Å². The summed E-state index contributed by atoms with van der Waals surface area (Å²) in [6, 6.07) is 14.6. The molecule has 0 saturated carbocycles. The Morgan fingerprint density at radius 3 is 2.82 bits per heavy atom. The van der Waals surface area contributed by atoms with E-state index >= 15 is 0 Å². The van der Waals surface area contributed by atoms with Crippen LogP contribution in [0.5, 0.6) is 0 Å². The van der Waals surface area contributed by atoms with Gasteiger partial charge in [0.2, 0.25) is 0 Å². The molecule has 0 fully saturated rings. The van der Waals surface area contributed by atoms with E-state index in [1.807, 2.05) is 30.3 Å². The van der Waals surface area contributed by atoms with Crippen LogP contribution in [0.25, 0.3) is 17.0 Å². The van der Waals surface area contributed by atoms with Crippen molar-refractivity contribution in [2.45, 2.75) is 0 Å². The molecule has 0 bridgehead atoms. The number of hydrogen-bond acceptors (Lipinski definition) is 2. The lowest BCUT2D eigenvalue weighted by molar-refractivity contribution is 0.102. The summed E-state index contributed by atoms with van der Waals surface area (Å²) in [6.07, 6.45) is 3.33. The number of amides is 1. The average molecular weight is 309 g/mol. The van der Waals surface area contributed by atoms with Crippen LogP contribution >= 0.6 is 11.6 Å². The summed E-state index contributed by atoms with van der Waals surface area (Å²) >= 11 is 5.99. The molecule has 0 aliphatic heterocycles. The van der Waals surface area contributed by atoms with Crippen molar-refractivity contribution < 1.29 is 4.79 Å². The summed E-state index contributed by atoms with van der Waals surface area (Å²) in [5.41, 5.74) is 2.63. The third-order valence-electron chi connectivity index (χ3n) is 3.36. The normalized spacial score (nSPS) is 10.4. The number of para-hydroxylation sites is 1. The molecule has 1 N–H and O–H groups in total. The highest BCUT2D eigenvalue weighted by molar-refractivity contribution is 6.31. The largest absolute Gasteiger partial charge is 0.320 e. The number of nitrogens with zero attached hydrogens (tertiary/aromatic N) is 1. The van der Waals surface area contributed by atoms with Crippen molar-refractivity contribution in [2.24, 2.45) is 0 Å². The lowest BCUT2D eigenvalue weighted by Gasteiger charge is -2.10. The Bertz CT molecular complexity index is 869. The first-order valence-electron chi connectivity index (χ1n) is 6.76. The molecule has 0 radical (unpaired) electrons. The monoisotopic (exact) mass is 308 g/mol. The smallest absolute Gasteiger partial charge is 0.256 e. The fraction of sp³-hybridized carbons (Fsp3) is 0. The van der Waals surface area contributed by atoms with Crippen molar-refractivity contribution >= 4 is 40.2 Å². The molecular weight excluding hydrogens is 296 g/mol. The highest BCUT2D eigenvalue weighted by Gasteiger charge is 2.12. The van der Waals surface area contributed by atoms with Crippen LogP contribution in [-0.4, -0.2) is 10.9 Å². The maximum Gasteiger partial charge on any atom is 0.256 e. The van der Waals surface area contributed by atoms with Crippen LogP contribution in [0.2, 0.25) is 5.02 Å². The predicted molar refractivity (Wildman–Crippen MR) is 91.2 cm³/mol. The van der Waals surface area contributed by atoms with Gasteiger partial charge in [0, 0.05) is 22.2 Å². The van der Waals surface area contributed by atoms with E-state index in [0.29, 0.717) is 16.3 Å². The van der Waals surface area contributed by atoms with Gasteiger partial charge in [0.15, 0.2) is 0 Å². The third kappa shape index (κ3) is 2.71. The zero-order chi connectivity index (χ0) is 15.5. The summed E-state index contributed by atoms with van der Waals surface area (Å²) in [4.78, 5) is 16.9. The predicted octanol–water partition coefficient (Wildman–Crippen LogP) is 4.78. The molecule has 108 valence electrons. The van der Waals surface area contributed by atoms with E-state index < -0.39 is 0 Å². The van der Waals surface area contributed by atoms with Crippen LogP contribution < -0.4 is 5.32 Å². The molecule has 0 atom stereocenters. The fourth-order valence-corrected chi connectivity index (χ4v) is 2.47. The maximum absolute atomic E-state index is 12.5. The van der Waals surface area contributed by atoms with Gasteiger partial charge in [0.1, 0.15) is 0 Å². The molecule has 0 spiro atoms. The number of carbonyl (C=O) groups excluding carboxylic acids is 1. The Morgan fingerprint density at radius 1 is 1.18 bits per heavy atom. The van der Waals surface area contributed by atoms with E-state index in [0.717, 1.165) is 16.5 Å². The van der Waals surface area contributed by atoms with Gasteiger partial charge in [-0.05, 0) is 29.8 Å². The van der Waals surface area contributed by atoms with Crippen molar-refractivity contribution in [1.82, 2.24) is 4.98 Å². The minimum Gasteiger partial charge on any atom is -0.320 e. The van der Waals surface area contributed by atoms with Crippen molar-refractivity contribution in [3.8, 4) is 0 Å². The second-order valence-corrected chi connectivity index (χ2v) is 5.21. The molecule has 0 aliphatic carbocycles. The Kier molecular flexibility index (Phi) is 3.90. The lowest BCUT2D eigenvalue weighted by Crippen LogP contribution is -2.13. The van der Waals surface area contributed by atoms with E-state index in [9.17, 15) is 4.79 Å². The second-order valence-electron chi connectivity index (χ2n) is 4.77. The molecule has 3 nitrogen and oxygen atoms in total. The fourth-order valence-electron chi connectivity index (χ4n) is 2.30. The Morgan fingerprint density at radius 2 is 2.00 bits per heavy atom. The number of halogens is 1. The first-order chi connectivity index (χ1) is 10.7. The van der Waals surface area contributed by atoms with Crippen molar-refractivity contribution in [2.75, 3.05) is 5.32 Å². The highest BCUT2D eigenvalue weighted by Crippen LogP contribution is 2.23. The summed E-state index contributed by atoms with van der Waals surface area (Å²) in [6.45, 7) is 3.73. The number of carbonyl (C=O) groups is 1. The molecular formula is C18H13ClN2O.